The zero-order chi connectivity index (χ0) is 34.8. The predicted molar refractivity (Wildman–Crippen MR) is 187 cm³/mol. The summed E-state index contributed by atoms with van der Waals surface area (Å²) >= 11 is 15.0. The molecule has 4 aliphatic rings. The number of nitrogens with zero attached hydrogens (tertiary/aromatic N) is 5. The Bertz CT molecular complexity index is 1620. The molecular formula is C35H41Cl2N5O6S. The number of carbonyl (C=O) groups excluding carboxylic acids is 4. The van der Waals surface area contributed by atoms with Gasteiger partial charge in [-0.1, -0.05) is 29.3 Å². The lowest BCUT2D eigenvalue weighted by Gasteiger charge is -2.45. The number of rotatable bonds is 9. The fourth-order valence-corrected chi connectivity index (χ4v) is 9.48. The highest BCUT2D eigenvalue weighted by molar-refractivity contribution is 7.09. The maximum absolute atomic E-state index is 14.0. The molecule has 0 radical (unpaired) electrons. The van der Waals surface area contributed by atoms with E-state index in [0.717, 1.165) is 43.8 Å². The third-order valence-corrected chi connectivity index (χ3v) is 11.9. The first kappa shape index (κ1) is 35.5. The van der Waals surface area contributed by atoms with Crippen LogP contribution in [-0.2, 0) is 35.1 Å². The Labute approximate surface area is 300 Å². The van der Waals surface area contributed by atoms with E-state index in [0.29, 0.717) is 55.3 Å². The number of esters is 2. The third-order valence-electron chi connectivity index (χ3n) is 10.4. The molecule has 11 nitrogen and oxygen atoms in total. The standard InChI is InChI=1S/C35H41Cl2N5O6S/c1-20(43)42-21-7-8-22(42)18-23(17-21)40-12-14-41(15-13-40)29(44)19-27-32(35(46)48-3)33(30-24(36)5-4-6-25(30)37)31(34(45)47-2)26(39-27)9-10-28-38-11-16-49-28/h4-6,11,16,21-23,31,33H,7-10,12-15,17-19H2,1-3H3. The Kier molecular flexibility index (Phi) is 11.1. The molecule has 0 N–H and O–H groups in total. The molecule has 1 aromatic carbocycles. The third kappa shape index (κ3) is 7.29. The van der Waals surface area contributed by atoms with Crippen LogP contribution in [0.2, 0.25) is 10.0 Å². The maximum Gasteiger partial charge on any atom is 0.336 e. The Hall–Kier alpha value is -3.32. The van der Waals surface area contributed by atoms with Crippen LogP contribution in [-0.4, -0.2) is 108 Å². The Morgan fingerprint density at radius 2 is 1.61 bits per heavy atom. The number of methoxy groups -OCH3 is 2. The molecule has 2 amide bonds. The van der Waals surface area contributed by atoms with Gasteiger partial charge in [0, 0.05) is 90.9 Å². The monoisotopic (exact) mass is 729 g/mol. The number of benzene rings is 1. The van der Waals surface area contributed by atoms with Gasteiger partial charge in [0.1, 0.15) is 5.92 Å². The van der Waals surface area contributed by atoms with Crippen LogP contribution in [0.15, 0.2) is 46.0 Å². The van der Waals surface area contributed by atoms with Gasteiger partial charge in [0.25, 0.3) is 0 Å². The van der Waals surface area contributed by atoms with Crippen LogP contribution in [0.3, 0.4) is 0 Å². The van der Waals surface area contributed by atoms with Gasteiger partial charge < -0.3 is 19.3 Å². The second-order valence-corrected chi connectivity index (χ2v) is 14.8. The lowest BCUT2D eigenvalue weighted by Crippen LogP contribution is -2.57. The molecule has 6 rings (SSSR count). The van der Waals surface area contributed by atoms with E-state index >= 15 is 0 Å². The number of fused-ring (bicyclic) bond motifs is 2. The van der Waals surface area contributed by atoms with E-state index in [1.165, 1.54) is 25.6 Å². The normalized spacial score (nSPS) is 25.7. The van der Waals surface area contributed by atoms with Crippen molar-refractivity contribution >= 4 is 64.0 Å². The van der Waals surface area contributed by atoms with Gasteiger partial charge in [-0.25, -0.2) is 9.78 Å². The lowest BCUT2D eigenvalue weighted by atomic mass is 9.74. The van der Waals surface area contributed by atoms with Crippen molar-refractivity contribution in [3.05, 3.63) is 61.7 Å². The second kappa shape index (κ2) is 15.3. The number of piperidine rings is 1. The summed E-state index contributed by atoms with van der Waals surface area (Å²) < 4.78 is 10.5. The van der Waals surface area contributed by atoms with Gasteiger partial charge in [0.15, 0.2) is 0 Å². The van der Waals surface area contributed by atoms with Crippen LogP contribution in [0, 0.1) is 5.92 Å². The maximum atomic E-state index is 14.0. The second-order valence-electron chi connectivity index (χ2n) is 13.0. The number of piperazine rings is 1. The molecule has 0 saturated carbocycles. The quantitative estimate of drug-likeness (QED) is 0.334. The van der Waals surface area contributed by atoms with E-state index in [1.54, 1.807) is 31.3 Å². The van der Waals surface area contributed by atoms with Crippen molar-refractivity contribution in [2.45, 2.75) is 75.9 Å². The summed E-state index contributed by atoms with van der Waals surface area (Å²) in [6.07, 6.45) is 6.42. The Morgan fingerprint density at radius 1 is 0.939 bits per heavy atom. The molecule has 5 heterocycles. The molecule has 4 atom stereocenters. The van der Waals surface area contributed by atoms with Gasteiger partial charge in [-0.15, -0.1) is 11.3 Å². The van der Waals surface area contributed by atoms with Crippen LogP contribution in [0.4, 0.5) is 0 Å². The lowest BCUT2D eigenvalue weighted by molar-refractivity contribution is -0.144. The number of carbonyl (C=O) groups is 4. The van der Waals surface area contributed by atoms with Gasteiger partial charge in [0.2, 0.25) is 11.8 Å². The number of hydrogen-bond donors (Lipinski definition) is 0. The molecule has 14 heteroatoms. The topological polar surface area (TPSA) is 122 Å². The van der Waals surface area contributed by atoms with Gasteiger partial charge >= 0.3 is 11.9 Å². The number of aliphatic imine (C=N–C) groups is 1. The molecule has 0 aliphatic carbocycles. The minimum atomic E-state index is -1.04. The number of ether oxygens (including phenoxy) is 2. The average molecular weight is 731 g/mol. The minimum absolute atomic E-state index is 0.0607. The van der Waals surface area contributed by atoms with Crippen molar-refractivity contribution in [1.29, 1.82) is 0 Å². The number of aryl methyl sites for hydroxylation is 1. The van der Waals surface area contributed by atoms with Crippen LogP contribution >= 0.6 is 34.5 Å². The first-order chi connectivity index (χ1) is 23.6. The highest BCUT2D eigenvalue weighted by Crippen LogP contribution is 2.47. The fourth-order valence-electron chi connectivity index (χ4n) is 8.22. The summed E-state index contributed by atoms with van der Waals surface area (Å²) in [6.45, 7) is 4.19. The minimum Gasteiger partial charge on any atom is -0.468 e. The fraction of sp³-hybridized carbons (Fsp3) is 0.543. The zero-order valence-electron chi connectivity index (χ0n) is 27.9. The van der Waals surface area contributed by atoms with E-state index in [-0.39, 0.29) is 39.6 Å². The van der Waals surface area contributed by atoms with Crippen LogP contribution in [0.1, 0.15) is 61.9 Å². The summed E-state index contributed by atoms with van der Waals surface area (Å²) in [5, 5.41) is 3.26. The van der Waals surface area contributed by atoms with E-state index in [4.69, 9.17) is 37.7 Å². The highest BCUT2D eigenvalue weighted by atomic mass is 35.5. The van der Waals surface area contributed by atoms with Crippen molar-refractivity contribution < 1.29 is 28.7 Å². The van der Waals surface area contributed by atoms with Crippen molar-refractivity contribution in [2.24, 2.45) is 10.9 Å². The SMILES string of the molecule is COC(=O)C1=C(CC(=O)N2CCN(C3CC4CCC(C3)N4C(C)=O)CC2)N=C(CCc2nccs2)C(C(=O)OC)C1c1c(Cl)cccc1Cl. The predicted octanol–water partition coefficient (Wildman–Crippen LogP) is 4.91. The van der Waals surface area contributed by atoms with Gasteiger partial charge in [0.05, 0.1) is 36.9 Å². The Morgan fingerprint density at radius 3 is 2.18 bits per heavy atom. The molecule has 2 aromatic rings. The molecule has 4 aliphatic heterocycles. The number of amides is 2. The van der Waals surface area contributed by atoms with Crippen molar-refractivity contribution in [1.82, 2.24) is 19.7 Å². The highest BCUT2D eigenvalue weighted by Gasteiger charge is 2.47. The molecule has 262 valence electrons. The summed E-state index contributed by atoms with van der Waals surface area (Å²) in [4.78, 5) is 69.0. The molecule has 49 heavy (non-hydrogen) atoms. The van der Waals surface area contributed by atoms with Crippen molar-refractivity contribution in [3.63, 3.8) is 0 Å². The van der Waals surface area contributed by atoms with E-state index in [9.17, 15) is 19.2 Å². The molecule has 3 saturated heterocycles. The summed E-state index contributed by atoms with van der Waals surface area (Å²) in [5.41, 5.74) is 1.11. The molecule has 3 fully saturated rings. The molecule has 2 bridgehead atoms. The number of hydrogen-bond acceptors (Lipinski definition) is 10. The van der Waals surface area contributed by atoms with E-state index < -0.39 is 23.8 Å². The van der Waals surface area contributed by atoms with Crippen LogP contribution in [0.25, 0.3) is 0 Å². The van der Waals surface area contributed by atoms with Gasteiger partial charge in [-0.3, -0.25) is 24.3 Å². The number of aromatic nitrogens is 1. The van der Waals surface area contributed by atoms with Crippen molar-refractivity contribution in [3.8, 4) is 0 Å². The van der Waals surface area contributed by atoms with Gasteiger partial charge in [-0.05, 0) is 49.8 Å². The first-order valence-corrected chi connectivity index (χ1v) is 18.3. The molecule has 1 aromatic heterocycles. The smallest absolute Gasteiger partial charge is 0.336 e. The summed E-state index contributed by atoms with van der Waals surface area (Å²) in [5.74, 6) is -3.38. The Balaban J connectivity index is 1.28. The van der Waals surface area contributed by atoms with E-state index in [1.807, 2.05) is 10.3 Å². The zero-order valence-corrected chi connectivity index (χ0v) is 30.2. The molecule has 0 spiro atoms. The molecular weight excluding hydrogens is 689 g/mol. The van der Waals surface area contributed by atoms with Crippen LogP contribution < -0.4 is 0 Å². The van der Waals surface area contributed by atoms with Crippen molar-refractivity contribution in [2.75, 3.05) is 40.4 Å². The number of thiazole rings is 1. The van der Waals surface area contributed by atoms with Crippen LogP contribution in [0.5, 0.6) is 0 Å². The molecule has 4 unspecified atom stereocenters. The number of halogens is 2. The largest absolute Gasteiger partial charge is 0.468 e. The first-order valence-electron chi connectivity index (χ1n) is 16.7. The van der Waals surface area contributed by atoms with Gasteiger partial charge in [-0.2, -0.15) is 0 Å². The average Bonchev–Trinajstić information content (AvgIpc) is 3.72. The summed E-state index contributed by atoms with van der Waals surface area (Å²) in [6, 6.07) is 5.96. The van der Waals surface area contributed by atoms with E-state index in [2.05, 4.69) is 14.8 Å². The summed E-state index contributed by atoms with van der Waals surface area (Å²) in [7, 11) is 2.53.